The van der Waals surface area contributed by atoms with Gasteiger partial charge in [-0.1, -0.05) is 30.3 Å². The van der Waals surface area contributed by atoms with Crippen LogP contribution in [0.2, 0.25) is 0 Å². The van der Waals surface area contributed by atoms with Crippen molar-refractivity contribution in [2.24, 2.45) is 0 Å². The maximum absolute atomic E-state index is 12.9. The summed E-state index contributed by atoms with van der Waals surface area (Å²) in [6.45, 7) is 1.74. The lowest BCUT2D eigenvalue weighted by Gasteiger charge is -2.10. The van der Waals surface area contributed by atoms with E-state index in [-0.39, 0.29) is 23.4 Å². The summed E-state index contributed by atoms with van der Waals surface area (Å²) >= 11 is 2.66. The van der Waals surface area contributed by atoms with Crippen LogP contribution in [-0.2, 0) is 16.0 Å². The number of thiazole rings is 1. The number of halogens is 1. The fourth-order valence-corrected chi connectivity index (χ4v) is 3.99. The fraction of sp³-hybridized carbons (Fsp3) is 0.190. The molecule has 150 valence electrons. The number of rotatable bonds is 8. The van der Waals surface area contributed by atoms with Crippen LogP contribution in [0.3, 0.4) is 0 Å². The van der Waals surface area contributed by atoms with Crippen molar-refractivity contribution in [3.05, 3.63) is 77.1 Å². The number of carbonyl (C=O) groups excluding carboxylic acids is 2. The van der Waals surface area contributed by atoms with E-state index in [0.29, 0.717) is 10.8 Å². The summed E-state index contributed by atoms with van der Waals surface area (Å²) in [6.07, 6.45) is 2.53. The molecule has 0 fully saturated rings. The Kier molecular flexibility index (Phi) is 7.37. The fourth-order valence-electron chi connectivity index (χ4n) is 2.46. The highest BCUT2D eigenvalue weighted by atomic mass is 32.2. The summed E-state index contributed by atoms with van der Waals surface area (Å²) in [6, 6.07) is 15.6. The Bertz CT molecular complexity index is 962. The quantitative estimate of drug-likeness (QED) is 0.550. The van der Waals surface area contributed by atoms with Gasteiger partial charge in [0.05, 0.1) is 11.0 Å². The van der Waals surface area contributed by atoms with Gasteiger partial charge in [0.2, 0.25) is 11.8 Å². The number of hydrogen-bond acceptors (Lipinski definition) is 5. The van der Waals surface area contributed by atoms with E-state index < -0.39 is 5.25 Å². The van der Waals surface area contributed by atoms with Crippen molar-refractivity contribution >= 4 is 45.7 Å². The van der Waals surface area contributed by atoms with Crippen molar-refractivity contribution in [2.75, 3.05) is 16.4 Å². The lowest BCUT2D eigenvalue weighted by Crippen LogP contribution is -2.24. The maximum Gasteiger partial charge on any atom is 0.239 e. The molecule has 0 spiro atoms. The molecule has 0 aliphatic rings. The molecule has 2 aromatic carbocycles. The van der Waals surface area contributed by atoms with Crippen LogP contribution in [-0.4, -0.2) is 27.8 Å². The number of hydrogen-bond donors (Lipinski definition) is 2. The van der Waals surface area contributed by atoms with E-state index in [9.17, 15) is 14.0 Å². The molecule has 0 bridgehead atoms. The van der Waals surface area contributed by atoms with E-state index in [1.165, 1.54) is 52.9 Å². The molecule has 29 heavy (non-hydrogen) atoms. The standard InChI is InChI=1S/C21H20FN3O2S2/c1-14(28-13-19(26)24-17-9-7-16(22)8-10-17)20(27)25-21-23-12-18(29-21)11-15-5-3-2-4-6-15/h2-10,12,14H,11,13H2,1H3,(H,24,26)(H,23,25,27)/t14-/m1/s1. The highest BCUT2D eigenvalue weighted by Crippen LogP contribution is 2.22. The molecule has 2 amide bonds. The number of anilines is 2. The molecule has 3 rings (SSSR count). The molecule has 0 saturated heterocycles. The van der Waals surface area contributed by atoms with Crippen LogP contribution >= 0.6 is 23.1 Å². The molecule has 2 N–H and O–H groups in total. The molecular weight excluding hydrogens is 409 g/mol. The second-order valence-electron chi connectivity index (χ2n) is 6.29. The van der Waals surface area contributed by atoms with Gasteiger partial charge >= 0.3 is 0 Å². The van der Waals surface area contributed by atoms with Gasteiger partial charge in [-0.2, -0.15) is 0 Å². The number of aromatic nitrogens is 1. The van der Waals surface area contributed by atoms with Gasteiger partial charge in [-0.05, 0) is 36.8 Å². The number of amides is 2. The zero-order valence-corrected chi connectivity index (χ0v) is 17.4. The van der Waals surface area contributed by atoms with E-state index in [2.05, 4.69) is 15.6 Å². The SMILES string of the molecule is C[C@@H](SCC(=O)Nc1ccc(F)cc1)C(=O)Nc1ncc(Cc2ccccc2)s1. The summed E-state index contributed by atoms with van der Waals surface area (Å²) in [5, 5.41) is 5.60. The number of nitrogens with one attached hydrogen (secondary N) is 2. The first kappa shape index (κ1) is 21.0. The van der Waals surface area contributed by atoms with Crippen molar-refractivity contribution in [2.45, 2.75) is 18.6 Å². The van der Waals surface area contributed by atoms with Gasteiger partial charge in [0.15, 0.2) is 5.13 Å². The van der Waals surface area contributed by atoms with Gasteiger partial charge in [0, 0.05) is 23.2 Å². The minimum atomic E-state index is -0.421. The normalized spacial score (nSPS) is 11.7. The molecule has 8 heteroatoms. The van der Waals surface area contributed by atoms with Gasteiger partial charge in [0.25, 0.3) is 0 Å². The zero-order chi connectivity index (χ0) is 20.6. The summed E-state index contributed by atoms with van der Waals surface area (Å²) < 4.78 is 12.9. The number of nitrogens with zero attached hydrogens (tertiary/aromatic N) is 1. The van der Waals surface area contributed by atoms with Gasteiger partial charge in [-0.15, -0.1) is 23.1 Å². The highest BCUT2D eigenvalue weighted by molar-refractivity contribution is 8.01. The molecule has 5 nitrogen and oxygen atoms in total. The number of benzene rings is 2. The van der Waals surface area contributed by atoms with Crippen LogP contribution in [0.15, 0.2) is 60.8 Å². The lowest BCUT2D eigenvalue weighted by molar-refractivity contribution is -0.115. The maximum atomic E-state index is 12.9. The Morgan fingerprint density at radius 2 is 1.83 bits per heavy atom. The Morgan fingerprint density at radius 1 is 1.10 bits per heavy atom. The molecule has 0 radical (unpaired) electrons. The third-order valence-corrected chi connectivity index (χ3v) is 6.02. The van der Waals surface area contributed by atoms with Gasteiger partial charge in [0.1, 0.15) is 5.82 Å². The lowest BCUT2D eigenvalue weighted by atomic mass is 10.1. The van der Waals surface area contributed by atoms with E-state index >= 15 is 0 Å². The van der Waals surface area contributed by atoms with Gasteiger partial charge in [-0.3, -0.25) is 9.59 Å². The highest BCUT2D eigenvalue weighted by Gasteiger charge is 2.17. The Hall–Kier alpha value is -2.71. The minimum absolute atomic E-state index is 0.114. The molecule has 0 aliphatic heterocycles. The van der Waals surface area contributed by atoms with E-state index in [1.807, 2.05) is 30.3 Å². The first-order valence-corrected chi connectivity index (χ1v) is 10.8. The number of thioether (sulfide) groups is 1. The topological polar surface area (TPSA) is 71.1 Å². The van der Waals surface area contributed by atoms with Crippen molar-refractivity contribution in [1.82, 2.24) is 4.98 Å². The van der Waals surface area contributed by atoms with Crippen molar-refractivity contribution < 1.29 is 14.0 Å². The average molecular weight is 430 g/mol. The molecule has 1 atom stereocenters. The average Bonchev–Trinajstić information content (AvgIpc) is 3.15. The minimum Gasteiger partial charge on any atom is -0.325 e. The van der Waals surface area contributed by atoms with Gasteiger partial charge < -0.3 is 10.6 Å². The van der Waals surface area contributed by atoms with E-state index in [0.717, 1.165) is 11.3 Å². The predicted molar refractivity (Wildman–Crippen MR) is 117 cm³/mol. The van der Waals surface area contributed by atoms with E-state index in [1.54, 1.807) is 13.1 Å². The van der Waals surface area contributed by atoms with E-state index in [4.69, 9.17) is 0 Å². The Labute approximate surface area is 176 Å². The van der Waals surface area contributed by atoms with Crippen LogP contribution < -0.4 is 10.6 Å². The zero-order valence-electron chi connectivity index (χ0n) is 15.7. The van der Waals surface area contributed by atoms with Gasteiger partial charge in [-0.25, -0.2) is 9.37 Å². The van der Waals surface area contributed by atoms with Crippen LogP contribution in [0.4, 0.5) is 15.2 Å². The Morgan fingerprint density at radius 3 is 2.55 bits per heavy atom. The summed E-state index contributed by atoms with van der Waals surface area (Å²) in [4.78, 5) is 29.7. The smallest absolute Gasteiger partial charge is 0.239 e. The predicted octanol–water partition coefficient (Wildman–Crippen LogP) is 4.57. The Balaban J connectivity index is 1.44. The first-order chi connectivity index (χ1) is 14.0. The molecule has 3 aromatic rings. The molecular formula is C21H20FN3O2S2. The van der Waals surface area contributed by atoms with Crippen LogP contribution in [0, 0.1) is 5.82 Å². The molecule has 0 saturated carbocycles. The third-order valence-electron chi connectivity index (χ3n) is 3.97. The monoisotopic (exact) mass is 429 g/mol. The van der Waals surface area contributed by atoms with Crippen molar-refractivity contribution in [1.29, 1.82) is 0 Å². The van der Waals surface area contributed by atoms with Crippen LogP contribution in [0.25, 0.3) is 0 Å². The summed E-state index contributed by atoms with van der Waals surface area (Å²) in [5.74, 6) is -0.703. The largest absolute Gasteiger partial charge is 0.325 e. The molecule has 1 heterocycles. The van der Waals surface area contributed by atoms with Crippen molar-refractivity contribution in [3.8, 4) is 0 Å². The summed E-state index contributed by atoms with van der Waals surface area (Å²) in [7, 11) is 0. The molecule has 0 aliphatic carbocycles. The second-order valence-corrected chi connectivity index (χ2v) is 8.74. The van der Waals surface area contributed by atoms with Crippen molar-refractivity contribution in [3.63, 3.8) is 0 Å². The second kappa shape index (κ2) is 10.2. The number of carbonyl (C=O) groups is 2. The van der Waals surface area contributed by atoms with Crippen LogP contribution in [0.1, 0.15) is 17.4 Å². The molecule has 1 aromatic heterocycles. The third kappa shape index (κ3) is 6.69. The van der Waals surface area contributed by atoms with Crippen LogP contribution in [0.5, 0.6) is 0 Å². The molecule has 0 unspecified atom stereocenters. The first-order valence-electron chi connectivity index (χ1n) is 8.96. The summed E-state index contributed by atoms with van der Waals surface area (Å²) in [5.41, 5.74) is 1.70.